The van der Waals surface area contributed by atoms with Gasteiger partial charge < -0.3 is 4.74 Å². The fraction of sp³-hybridized carbons (Fsp3) is 0.481. The van der Waals surface area contributed by atoms with E-state index in [1.807, 2.05) is 0 Å². The molecule has 0 saturated carbocycles. The predicted octanol–water partition coefficient (Wildman–Crippen LogP) is 7.90. The minimum absolute atomic E-state index is 0.768. The molecular formula is C27H38O. The van der Waals surface area contributed by atoms with Gasteiger partial charge in [0.25, 0.3) is 0 Å². The highest BCUT2D eigenvalue weighted by molar-refractivity contribution is 5.21. The average molecular weight is 379 g/mol. The normalized spacial score (nSPS) is 10.6. The van der Waals surface area contributed by atoms with Crippen LogP contribution in [0.2, 0.25) is 0 Å². The van der Waals surface area contributed by atoms with Crippen LogP contribution in [-0.4, -0.2) is 6.61 Å². The van der Waals surface area contributed by atoms with E-state index >= 15 is 0 Å². The smallest absolute Gasteiger partial charge is 0.0951 e. The molecule has 0 aliphatic carbocycles. The van der Waals surface area contributed by atoms with Crippen molar-refractivity contribution in [3.63, 3.8) is 0 Å². The van der Waals surface area contributed by atoms with Gasteiger partial charge in [-0.05, 0) is 55.7 Å². The van der Waals surface area contributed by atoms with Gasteiger partial charge in [0, 0.05) is 6.42 Å². The average Bonchev–Trinajstić information content (AvgIpc) is 2.74. The van der Waals surface area contributed by atoms with Gasteiger partial charge in [-0.15, -0.1) is 0 Å². The fourth-order valence-corrected chi connectivity index (χ4v) is 3.70. The number of benzene rings is 2. The molecule has 0 bridgehead atoms. The molecule has 2 rings (SSSR count). The fourth-order valence-electron chi connectivity index (χ4n) is 3.70. The first kappa shape index (κ1) is 22.3. The summed E-state index contributed by atoms with van der Waals surface area (Å²) in [5.74, 6) is 1.27. The van der Waals surface area contributed by atoms with Crippen molar-refractivity contribution in [1.82, 2.24) is 0 Å². The molecule has 152 valence electrons. The molecule has 0 saturated heterocycles. The second-order valence-corrected chi connectivity index (χ2v) is 7.60. The van der Waals surface area contributed by atoms with Crippen molar-refractivity contribution in [2.75, 3.05) is 6.61 Å². The monoisotopic (exact) mass is 378 g/mol. The Balaban J connectivity index is 2.05. The van der Waals surface area contributed by atoms with Gasteiger partial charge >= 0.3 is 0 Å². The first-order valence-electron chi connectivity index (χ1n) is 11.2. The Morgan fingerprint density at radius 2 is 1.18 bits per heavy atom. The highest BCUT2D eigenvalue weighted by atomic mass is 16.5. The molecule has 0 aromatic heterocycles. The summed E-state index contributed by atoms with van der Waals surface area (Å²) in [5.41, 5.74) is 4.35. The van der Waals surface area contributed by atoms with Crippen LogP contribution in [0.4, 0.5) is 0 Å². The van der Waals surface area contributed by atoms with E-state index in [0.717, 1.165) is 38.7 Å². The van der Waals surface area contributed by atoms with Crippen LogP contribution in [0.3, 0.4) is 0 Å². The van der Waals surface area contributed by atoms with Crippen molar-refractivity contribution in [3.8, 4) is 0 Å². The molecule has 2 aromatic carbocycles. The number of unbranched alkanes of at least 4 members (excludes halogenated alkanes) is 4. The summed E-state index contributed by atoms with van der Waals surface area (Å²) in [4.78, 5) is 0. The summed E-state index contributed by atoms with van der Waals surface area (Å²) >= 11 is 0. The van der Waals surface area contributed by atoms with E-state index in [1.165, 1.54) is 54.6 Å². The van der Waals surface area contributed by atoms with Crippen molar-refractivity contribution in [3.05, 3.63) is 83.1 Å². The molecule has 0 atom stereocenters. The van der Waals surface area contributed by atoms with Crippen LogP contribution < -0.4 is 0 Å². The van der Waals surface area contributed by atoms with E-state index in [-0.39, 0.29) is 0 Å². The molecule has 0 fully saturated rings. The first-order chi connectivity index (χ1) is 13.8. The Labute approximate surface area is 172 Å². The third-order valence-corrected chi connectivity index (χ3v) is 5.34. The topological polar surface area (TPSA) is 9.23 Å². The SMILES string of the molecule is CCCCCCCC(OCC)=C(CCc1ccccc1)CCc1ccccc1. The molecule has 0 aliphatic rings. The highest BCUT2D eigenvalue weighted by Crippen LogP contribution is 2.24. The van der Waals surface area contributed by atoms with Crippen LogP contribution in [-0.2, 0) is 17.6 Å². The van der Waals surface area contributed by atoms with Gasteiger partial charge in [0.05, 0.1) is 12.4 Å². The van der Waals surface area contributed by atoms with Gasteiger partial charge in [0.15, 0.2) is 0 Å². The third-order valence-electron chi connectivity index (χ3n) is 5.34. The summed E-state index contributed by atoms with van der Waals surface area (Å²) in [6.07, 6.45) is 12.0. The Bertz CT molecular complexity index is 612. The van der Waals surface area contributed by atoms with Crippen LogP contribution in [0.1, 0.15) is 76.3 Å². The summed E-state index contributed by atoms with van der Waals surface area (Å²) in [5, 5.41) is 0. The second-order valence-electron chi connectivity index (χ2n) is 7.60. The summed E-state index contributed by atoms with van der Waals surface area (Å²) in [6, 6.07) is 21.7. The van der Waals surface area contributed by atoms with E-state index in [0.29, 0.717) is 0 Å². The minimum Gasteiger partial charge on any atom is -0.498 e. The van der Waals surface area contributed by atoms with Crippen LogP contribution in [0.5, 0.6) is 0 Å². The molecular weight excluding hydrogens is 340 g/mol. The zero-order valence-electron chi connectivity index (χ0n) is 18.0. The Morgan fingerprint density at radius 3 is 1.68 bits per heavy atom. The number of rotatable bonds is 14. The molecule has 0 unspecified atom stereocenters. The quantitative estimate of drug-likeness (QED) is 0.240. The van der Waals surface area contributed by atoms with Crippen LogP contribution in [0.15, 0.2) is 72.0 Å². The van der Waals surface area contributed by atoms with Crippen LogP contribution in [0.25, 0.3) is 0 Å². The number of aryl methyl sites for hydroxylation is 2. The van der Waals surface area contributed by atoms with E-state index in [2.05, 4.69) is 74.5 Å². The van der Waals surface area contributed by atoms with Crippen molar-refractivity contribution in [2.45, 2.75) is 78.1 Å². The van der Waals surface area contributed by atoms with E-state index < -0.39 is 0 Å². The zero-order chi connectivity index (χ0) is 19.9. The zero-order valence-corrected chi connectivity index (χ0v) is 18.0. The summed E-state index contributed by atoms with van der Waals surface area (Å²) in [7, 11) is 0. The van der Waals surface area contributed by atoms with E-state index in [9.17, 15) is 0 Å². The first-order valence-corrected chi connectivity index (χ1v) is 11.2. The summed E-state index contributed by atoms with van der Waals surface area (Å²) in [6.45, 7) is 5.16. The van der Waals surface area contributed by atoms with Gasteiger partial charge in [0.1, 0.15) is 0 Å². The van der Waals surface area contributed by atoms with Crippen molar-refractivity contribution < 1.29 is 4.74 Å². The van der Waals surface area contributed by atoms with Crippen LogP contribution in [0, 0.1) is 0 Å². The van der Waals surface area contributed by atoms with Crippen molar-refractivity contribution in [1.29, 1.82) is 0 Å². The van der Waals surface area contributed by atoms with Gasteiger partial charge in [-0.25, -0.2) is 0 Å². The molecule has 0 spiro atoms. The molecule has 0 amide bonds. The minimum atomic E-state index is 0.768. The molecule has 0 N–H and O–H groups in total. The predicted molar refractivity (Wildman–Crippen MR) is 122 cm³/mol. The van der Waals surface area contributed by atoms with E-state index in [1.54, 1.807) is 0 Å². The second kappa shape index (κ2) is 14.0. The molecule has 28 heavy (non-hydrogen) atoms. The van der Waals surface area contributed by atoms with E-state index in [4.69, 9.17) is 4.74 Å². The molecule has 0 heterocycles. The molecule has 1 heteroatoms. The van der Waals surface area contributed by atoms with Crippen LogP contribution >= 0.6 is 0 Å². The molecule has 0 aliphatic heterocycles. The number of allylic oxidation sites excluding steroid dienone is 2. The largest absolute Gasteiger partial charge is 0.498 e. The number of hydrogen-bond acceptors (Lipinski definition) is 1. The maximum absolute atomic E-state index is 6.17. The Morgan fingerprint density at radius 1 is 0.643 bits per heavy atom. The third kappa shape index (κ3) is 8.78. The molecule has 0 radical (unpaired) electrons. The number of hydrogen-bond donors (Lipinski definition) is 0. The highest BCUT2D eigenvalue weighted by Gasteiger charge is 2.10. The van der Waals surface area contributed by atoms with Gasteiger partial charge in [-0.1, -0.05) is 93.3 Å². The lowest BCUT2D eigenvalue weighted by atomic mass is 9.95. The summed E-state index contributed by atoms with van der Waals surface area (Å²) < 4.78 is 6.17. The van der Waals surface area contributed by atoms with Gasteiger partial charge in [-0.2, -0.15) is 0 Å². The number of ether oxygens (including phenoxy) is 1. The Hall–Kier alpha value is -2.02. The lowest BCUT2D eigenvalue weighted by Crippen LogP contribution is -2.02. The maximum atomic E-state index is 6.17. The lowest BCUT2D eigenvalue weighted by molar-refractivity contribution is 0.210. The van der Waals surface area contributed by atoms with Crippen molar-refractivity contribution >= 4 is 0 Å². The lowest BCUT2D eigenvalue weighted by Gasteiger charge is -2.17. The standard InChI is InChI=1S/C27H38O/c1-3-5-6-7-14-19-27(28-4-2)26(22-20-24-15-10-8-11-16-24)23-21-25-17-12-9-13-18-25/h8-13,15-18H,3-7,14,19-23H2,1-2H3. The van der Waals surface area contributed by atoms with Gasteiger partial charge in [-0.3, -0.25) is 0 Å². The maximum Gasteiger partial charge on any atom is 0.0951 e. The Kier molecular flexibility index (Phi) is 11.2. The van der Waals surface area contributed by atoms with Crippen molar-refractivity contribution in [2.24, 2.45) is 0 Å². The molecule has 1 nitrogen and oxygen atoms in total. The van der Waals surface area contributed by atoms with Gasteiger partial charge in [0.2, 0.25) is 0 Å². The molecule has 2 aromatic rings.